The van der Waals surface area contributed by atoms with E-state index in [9.17, 15) is 9.59 Å². The maximum atomic E-state index is 13.4. The number of amides is 1. The van der Waals surface area contributed by atoms with Crippen molar-refractivity contribution in [1.82, 2.24) is 14.5 Å². The summed E-state index contributed by atoms with van der Waals surface area (Å²) < 4.78 is 1.38. The highest BCUT2D eigenvalue weighted by Crippen LogP contribution is 2.31. The highest BCUT2D eigenvalue weighted by atomic mass is 32.1. The van der Waals surface area contributed by atoms with Gasteiger partial charge in [0.2, 0.25) is 5.91 Å². The number of thiazole rings is 1. The second kappa shape index (κ2) is 8.73. The first-order valence-corrected chi connectivity index (χ1v) is 12.1. The van der Waals surface area contributed by atoms with E-state index in [1.54, 1.807) is 6.92 Å². The van der Waals surface area contributed by atoms with Crippen LogP contribution in [0.3, 0.4) is 0 Å². The molecule has 1 amide bonds. The van der Waals surface area contributed by atoms with Gasteiger partial charge in [-0.15, -0.1) is 22.7 Å². The van der Waals surface area contributed by atoms with Crippen molar-refractivity contribution >= 4 is 43.9 Å². The van der Waals surface area contributed by atoms with Gasteiger partial charge in [0.1, 0.15) is 10.9 Å². The quantitative estimate of drug-likeness (QED) is 0.353. The summed E-state index contributed by atoms with van der Waals surface area (Å²) in [4.78, 5) is 35.9. The molecule has 3 heterocycles. The molecule has 164 valence electrons. The Labute approximate surface area is 198 Å². The van der Waals surface area contributed by atoms with Crippen molar-refractivity contribution in [3.8, 4) is 22.4 Å². The first-order chi connectivity index (χ1) is 16.0. The molecule has 5 aromatic rings. The van der Waals surface area contributed by atoms with Gasteiger partial charge in [-0.25, -0.2) is 9.97 Å². The van der Waals surface area contributed by atoms with Crippen LogP contribution in [0.15, 0.2) is 76.5 Å². The Morgan fingerprint density at radius 1 is 1.00 bits per heavy atom. The summed E-state index contributed by atoms with van der Waals surface area (Å²) in [6, 6.07) is 17.0. The minimum atomic E-state index is -0.746. The Bertz CT molecular complexity index is 1500. The lowest BCUT2D eigenvalue weighted by atomic mass is 10.0. The summed E-state index contributed by atoms with van der Waals surface area (Å²) >= 11 is 2.78. The van der Waals surface area contributed by atoms with Gasteiger partial charge in [-0.2, -0.15) is 0 Å². The number of benzene rings is 2. The van der Waals surface area contributed by atoms with Crippen molar-refractivity contribution in [1.29, 1.82) is 0 Å². The molecule has 0 saturated carbocycles. The number of thiophene rings is 1. The monoisotopic (exact) mass is 472 g/mol. The van der Waals surface area contributed by atoms with Crippen LogP contribution in [0.4, 0.5) is 5.13 Å². The number of nitrogens with zero attached hydrogens (tertiary/aromatic N) is 3. The molecule has 0 aliphatic rings. The van der Waals surface area contributed by atoms with Gasteiger partial charge >= 0.3 is 0 Å². The molecule has 8 heteroatoms. The number of aromatic nitrogens is 3. The normalized spacial score (nSPS) is 12.1. The molecule has 5 rings (SSSR count). The fraction of sp³-hybridized carbons (Fsp3) is 0.120. The molecule has 3 aromatic heterocycles. The molecule has 0 aliphatic carbocycles. The zero-order valence-electron chi connectivity index (χ0n) is 18.0. The zero-order valence-corrected chi connectivity index (χ0v) is 19.6. The summed E-state index contributed by atoms with van der Waals surface area (Å²) in [6.45, 7) is 3.71. The molecular weight excluding hydrogens is 452 g/mol. The van der Waals surface area contributed by atoms with Gasteiger partial charge in [-0.3, -0.25) is 14.2 Å². The highest BCUT2D eigenvalue weighted by molar-refractivity contribution is 7.17. The number of aryl methyl sites for hydroxylation is 1. The molecule has 0 bridgehead atoms. The SMILES string of the molecule is Cc1ccc(-c2csc3ncn(C(C)C(=O)Nc4nc(-c5ccccc5)cs4)c(=O)c23)cc1. The van der Waals surface area contributed by atoms with Crippen molar-refractivity contribution in [2.75, 3.05) is 5.32 Å². The number of rotatable bonds is 5. The first kappa shape index (κ1) is 21.2. The predicted molar refractivity (Wildman–Crippen MR) is 135 cm³/mol. The van der Waals surface area contributed by atoms with E-state index in [-0.39, 0.29) is 11.5 Å². The molecule has 33 heavy (non-hydrogen) atoms. The third kappa shape index (κ3) is 4.10. The van der Waals surface area contributed by atoms with Crippen molar-refractivity contribution in [2.24, 2.45) is 0 Å². The molecule has 0 fully saturated rings. The Morgan fingerprint density at radius 3 is 2.52 bits per heavy atom. The van der Waals surface area contributed by atoms with E-state index in [2.05, 4.69) is 15.3 Å². The maximum absolute atomic E-state index is 13.4. The van der Waals surface area contributed by atoms with Crippen LogP contribution in [0, 0.1) is 6.92 Å². The molecule has 0 spiro atoms. The second-order valence-electron chi connectivity index (χ2n) is 7.72. The molecule has 1 unspecified atom stereocenters. The molecule has 2 aromatic carbocycles. The Kier molecular flexibility index (Phi) is 5.62. The summed E-state index contributed by atoms with van der Waals surface area (Å²) in [5.74, 6) is -0.320. The third-order valence-corrected chi connectivity index (χ3v) is 7.13. The maximum Gasteiger partial charge on any atom is 0.263 e. The van der Waals surface area contributed by atoms with E-state index in [0.717, 1.165) is 27.9 Å². The average Bonchev–Trinajstić information content (AvgIpc) is 3.48. The third-order valence-electron chi connectivity index (χ3n) is 5.48. The van der Waals surface area contributed by atoms with E-state index in [1.807, 2.05) is 72.3 Å². The van der Waals surface area contributed by atoms with Gasteiger partial charge < -0.3 is 5.32 Å². The van der Waals surface area contributed by atoms with Crippen LogP contribution in [0.2, 0.25) is 0 Å². The Hall–Kier alpha value is -3.62. The summed E-state index contributed by atoms with van der Waals surface area (Å²) in [5, 5.41) is 7.70. The van der Waals surface area contributed by atoms with Crippen molar-refractivity contribution in [3.05, 3.63) is 87.6 Å². The van der Waals surface area contributed by atoms with Gasteiger partial charge in [0, 0.05) is 21.9 Å². The molecular formula is C25H20N4O2S2. The number of hydrogen-bond acceptors (Lipinski definition) is 6. The van der Waals surface area contributed by atoms with E-state index in [0.29, 0.717) is 15.3 Å². The van der Waals surface area contributed by atoms with Gasteiger partial charge in [0.25, 0.3) is 5.56 Å². The minimum Gasteiger partial charge on any atom is -0.300 e. The zero-order chi connectivity index (χ0) is 22.9. The van der Waals surface area contributed by atoms with Gasteiger partial charge in [0.05, 0.1) is 17.4 Å². The van der Waals surface area contributed by atoms with Gasteiger partial charge in [-0.1, -0.05) is 60.2 Å². The van der Waals surface area contributed by atoms with Crippen molar-refractivity contribution in [2.45, 2.75) is 19.9 Å². The average molecular weight is 473 g/mol. The van der Waals surface area contributed by atoms with Crippen LogP contribution in [0.1, 0.15) is 18.5 Å². The molecule has 0 saturated heterocycles. The largest absolute Gasteiger partial charge is 0.300 e. The topological polar surface area (TPSA) is 76.9 Å². The smallest absolute Gasteiger partial charge is 0.263 e. The van der Waals surface area contributed by atoms with Crippen molar-refractivity contribution < 1.29 is 4.79 Å². The number of carbonyl (C=O) groups is 1. The Morgan fingerprint density at radius 2 is 1.76 bits per heavy atom. The van der Waals surface area contributed by atoms with Crippen LogP contribution in [-0.2, 0) is 4.79 Å². The summed E-state index contributed by atoms with van der Waals surface area (Å²) in [7, 11) is 0. The minimum absolute atomic E-state index is 0.233. The number of nitrogens with one attached hydrogen (secondary N) is 1. The second-order valence-corrected chi connectivity index (χ2v) is 9.44. The lowest BCUT2D eigenvalue weighted by Crippen LogP contribution is -2.31. The lowest BCUT2D eigenvalue weighted by molar-refractivity contribution is -0.118. The van der Waals surface area contributed by atoms with Crippen LogP contribution in [0.5, 0.6) is 0 Å². The number of anilines is 1. The molecule has 6 nitrogen and oxygen atoms in total. The highest BCUT2D eigenvalue weighted by Gasteiger charge is 2.21. The van der Waals surface area contributed by atoms with Crippen LogP contribution >= 0.6 is 22.7 Å². The molecule has 1 atom stereocenters. The number of hydrogen-bond donors (Lipinski definition) is 1. The molecule has 1 N–H and O–H groups in total. The van der Waals surface area contributed by atoms with Gasteiger partial charge in [-0.05, 0) is 19.4 Å². The van der Waals surface area contributed by atoms with E-state index >= 15 is 0 Å². The first-order valence-electron chi connectivity index (χ1n) is 10.4. The van der Waals surface area contributed by atoms with Crippen LogP contribution in [0.25, 0.3) is 32.6 Å². The standard InChI is InChI=1S/C25H20N4O2S2/c1-15-8-10-17(11-9-15)19-12-32-23-21(19)24(31)29(14-26-23)16(2)22(30)28-25-27-20(13-33-25)18-6-4-3-5-7-18/h3-14,16H,1-2H3,(H,27,28,30). The Balaban J connectivity index is 1.43. The van der Waals surface area contributed by atoms with Gasteiger partial charge in [0.15, 0.2) is 5.13 Å². The number of fused-ring (bicyclic) bond motifs is 1. The fourth-order valence-electron chi connectivity index (χ4n) is 3.58. The summed E-state index contributed by atoms with van der Waals surface area (Å²) in [5.41, 5.74) is 4.48. The summed E-state index contributed by atoms with van der Waals surface area (Å²) in [6.07, 6.45) is 1.45. The van der Waals surface area contributed by atoms with Crippen molar-refractivity contribution in [3.63, 3.8) is 0 Å². The fourth-order valence-corrected chi connectivity index (χ4v) is 5.20. The van der Waals surface area contributed by atoms with Crippen LogP contribution in [-0.4, -0.2) is 20.4 Å². The van der Waals surface area contributed by atoms with Crippen LogP contribution < -0.4 is 10.9 Å². The predicted octanol–water partition coefficient (Wildman–Crippen LogP) is 5.76. The van der Waals surface area contributed by atoms with E-state index in [1.165, 1.54) is 33.6 Å². The number of carbonyl (C=O) groups excluding carboxylic acids is 1. The van der Waals surface area contributed by atoms with E-state index in [4.69, 9.17) is 0 Å². The molecule has 0 aliphatic heterocycles. The van der Waals surface area contributed by atoms with E-state index < -0.39 is 6.04 Å². The lowest BCUT2D eigenvalue weighted by Gasteiger charge is -2.14. The molecule has 0 radical (unpaired) electrons.